The molecule has 1 fully saturated rings. The molecule has 138 valence electrons. The largest absolute Gasteiger partial charge is 0.384 e. The molecular weight excluding hydrogens is 336 g/mol. The van der Waals surface area contributed by atoms with Crippen molar-refractivity contribution in [2.45, 2.75) is 12.6 Å². The molecule has 0 aliphatic carbocycles. The summed E-state index contributed by atoms with van der Waals surface area (Å²) in [4.78, 5) is 13.1. The Morgan fingerprint density at radius 3 is 2.37 bits per heavy atom. The van der Waals surface area contributed by atoms with Gasteiger partial charge in [-0.2, -0.15) is 0 Å². The van der Waals surface area contributed by atoms with E-state index >= 15 is 0 Å². The summed E-state index contributed by atoms with van der Waals surface area (Å²) < 4.78 is 0. The highest BCUT2D eigenvalue weighted by atomic mass is 16.3. The fraction of sp³-hybridized carbons (Fsp3) is 0.273. The lowest BCUT2D eigenvalue weighted by Gasteiger charge is -2.37. The molecule has 0 bridgehead atoms. The lowest BCUT2D eigenvalue weighted by molar-refractivity contribution is 0.218. The molecule has 0 radical (unpaired) electrons. The predicted octanol–water partition coefficient (Wildman–Crippen LogP) is 2.88. The van der Waals surface area contributed by atoms with Crippen molar-refractivity contribution in [3.63, 3.8) is 0 Å². The van der Waals surface area contributed by atoms with E-state index in [4.69, 9.17) is 0 Å². The first-order valence-electron chi connectivity index (χ1n) is 9.34. The number of benzene rings is 1. The van der Waals surface area contributed by atoms with Crippen molar-refractivity contribution in [3.8, 4) is 0 Å². The summed E-state index contributed by atoms with van der Waals surface area (Å²) >= 11 is 0. The number of anilines is 1. The van der Waals surface area contributed by atoms with Crippen molar-refractivity contribution in [2.75, 3.05) is 31.1 Å². The Morgan fingerprint density at radius 1 is 0.852 bits per heavy atom. The Balaban J connectivity index is 1.46. The van der Waals surface area contributed by atoms with Gasteiger partial charge in [-0.05, 0) is 29.8 Å². The topological polar surface area (TPSA) is 52.5 Å². The summed E-state index contributed by atoms with van der Waals surface area (Å²) in [5.74, 6) is 0. The summed E-state index contributed by atoms with van der Waals surface area (Å²) in [5, 5.41) is 10.9. The molecule has 0 amide bonds. The van der Waals surface area contributed by atoms with Gasteiger partial charge in [0.1, 0.15) is 6.10 Å². The van der Waals surface area contributed by atoms with E-state index in [2.05, 4.69) is 38.0 Å². The third-order valence-corrected chi connectivity index (χ3v) is 5.10. The first-order chi connectivity index (χ1) is 13.3. The van der Waals surface area contributed by atoms with Crippen LogP contribution < -0.4 is 4.90 Å². The van der Waals surface area contributed by atoms with Gasteiger partial charge in [0.05, 0.1) is 0 Å². The molecule has 1 saturated heterocycles. The highest BCUT2D eigenvalue weighted by Crippen LogP contribution is 2.31. The van der Waals surface area contributed by atoms with Gasteiger partial charge in [0, 0.05) is 74.3 Å². The molecule has 5 heteroatoms. The lowest BCUT2D eigenvalue weighted by Crippen LogP contribution is -2.46. The van der Waals surface area contributed by atoms with Crippen LogP contribution in [0.15, 0.2) is 73.3 Å². The van der Waals surface area contributed by atoms with Gasteiger partial charge in [0.2, 0.25) is 0 Å². The number of rotatable bonds is 5. The van der Waals surface area contributed by atoms with Crippen LogP contribution in [-0.4, -0.2) is 46.2 Å². The van der Waals surface area contributed by atoms with Crippen LogP contribution in [0.4, 0.5) is 5.69 Å². The number of aromatic nitrogens is 2. The molecule has 1 atom stereocenters. The number of aliphatic hydroxyl groups excluding tert-OH is 1. The molecule has 1 aliphatic heterocycles. The van der Waals surface area contributed by atoms with Gasteiger partial charge in [0.15, 0.2) is 0 Å². The van der Waals surface area contributed by atoms with Crippen molar-refractivity contribution in [1.29, 1.82) is 0 Å². The lowest BCUT2D eigenvalue weighted by atomic mass is 10.00. The first-order valence-corrected chi connectivity index (χ1v) is 9.34. The summed E-state index contributed by atoms with van der Waals surface area (Å²) in [6.45, 7) is 4.85. The van der Waals surface area contributed by atoms with Crippen LogP contribution in [0.2, 0.25) is 0 Å². The number of para-hydroxylation sites is 1. The maximum Gasteiger partial charge on any atom is 0.108 e. The van der Waals surface area contributed by atoms with E-state index in [-0.39, 0.29) is 0 Å². The van der Waals surface area contributed by atoms with Crippen molar-refractivity contribution in [1.82, 2.24) is 14.9 Å². The quantitative estimate of drug-likeness (QED) is 0.758. The minimum absolute atomic E-state index is 0.662. The zero-order chi connectivity index (χ0) is 18.5. The van der Waals surface area contributed by atoms with Gasteiger partial charge in [-0.3, -0.25) is 14.9 Å². The van der Waals surface area contributed by atoms with Gasteiger partial charge in [-0.1, -0.05) is 24.3 Å². The second-order valence-electron chi connectivity index (χ2n) is 6.87. The van der Waals surface area contributed by atoms with E-state index < -0.39 is 6.10 Å². The predicted molar refractivity (Wildman–Crippen MR) is 106 cm³/mol. The summed E-state index contributed by atoms with van der Waals surface area (Å²) in [7, 11) is 0. The smallest absolute Gasteiger partial charge is 0.108 e. The molecule has 5 nitrogen and oxygen atoms in total. The average Bonchev–Trinajstić information content (AvgIpc) is 2.75. The third-order valence-electron chi connectivity index (χ3n) is 5.10. The number of hydrogen-bond acceptors (Lipinski definition) is 5. The van der Waals surface area contributed by atoms with Gasteiger partial charge >= 0.3 is 0 Å². The van der Waals surface area contributed by atoms with E-state index in [9.17, 15) is 5.11 Å². The second kappa shape index (κ2) is 8.29. The number of pyridine rings is 2. The number of nitrogens with zero attached hydrogens (tertiary/aromatic N) is 4. The average molecular weight is 360 g/mol. The molecule has 3 heterocycles. The summed E-state index contributed by atoms with van der Waals surface area (Å²) in [5.41, 5.74) is 4.16. The zero-order valence-electron chi connectivity index (χ0n) is 15.3. The summed E-state index contributed by atoms with van der Waals surface area (Å²) in [6.07, 6.45) is 6.49. The van der Waals surface area contributed by atoms with Crippen LogP contribution in [0.5, 0.6) is 0 Å². The van der Waals surface area contributed by atoms with Crippen LogP contribution in [0.1, 0.15) is 22.8 Å². The first kappa shape index (κ1) is 17.6. The van der Waals surface area contributed by atoms with Crippen LogP contribution in [-0.2, 0) is 6.54 Å². The fourth-order valence-electron chi connectivity index (χ4n) is 3.62. The number of aliphatic hydroxyl groups is 1. The molecule has 4 rings (SSSR count). The molecule has 3 aromatic rings. The Labute approximate surface area is 159 Å². The van der Waals surface area contributed by atoms with Gasteiger partial charge in [0.25, 0.3) is 0 Å². The van der Waals surface area contributed by atoms with Crippen LogP contribution in [0.25, 0.3) is 0 Å². The maximum atomic E-state index is 10.9. The standard InChI is InChI=1S/C22H24N4O/c27-22(19-4-3-9-24-16-19)20-5-1-2-6-21(20)26-14-12-25(13-15-26)17-18-7-10-23-11-8-18/h1-11,16,22,27H,12-15,17H2. The number of hydrogen-bond donors (Lipinski definition) is 1. The van der Waals surface area contributed by atoms with E-state index in [1.165, 1.54) is 5.56 Å². The van der Waals surface area contributed by atoms with Crippen molar-refractivity contribution < 1.29 is 5.11 Å². The molecule has 0 saturated carbocycles. The SMILES string of the molecule is OC(c1cccnc1)c1ccccc1N1CCN(Cc2ccncc2)CC1. The Kier molecular flexibility index (Phi) is 5.42. The molecule has 1 unspecified atom stereocenters. The molecule has 1 aliphatic rings. The molecular formula is C22H24N4O. The zero-order valence-corrected chi connectivity index (χ0v) is 15.3. The third kappa shape index (κ3) is 4.15. The molecule has 1 N–H and O–H groups in total. The van der Waals surface area contributed by atoms with E-state index in [0.29, 0.717) is 0 Å². The van der Waals surface area contributed by atoms with Crippen molar-refractivity contribution in [3.05, 3.63) is 90.0 Å². The van der Waals surface area contributed by atoms with Gasteiger partial charge in [-0.15, -0.1) is 0 Å². The van der Waals surface area contributed by atoms with Crippen LogP contribution in [0.3, 0.4) is 0 Å². The molecule has 0 spiro atoms. The van der Waals surface area contributed by atoms with E-state index in [1.54, 1.807) is 12.4 Å². The highest BCUT2D eigenvalue weighted by molar-refractivity contribution is 5.56. The maximum absolute atomic E-state index is 10.9. The van der Waals surface area contributed by atoms with Crippen LogP contribution >= 0.6 is 0 Å². The highest BCUT2D eigenvalue weighted by Gasteiger charge is 2.22. The second-order valence-corrected chi connectivity index (χ2v) is 6.87. The van der Waals surface area contributed by atoms with E-state index in [0.717, 1.165) is 49.5 Å². The summed E-state index contributed by atoms with van der Waals surface area (Å²) in [6, 6.07) is 16.1. The number of piperazine rings is 1. The minimum Gasteiger partial charge on any atom is -0.384 e. The minimum atomic E-state index is -0.662. The van der Waals surface area contributed by atoms with Crippen molar-refractivity contribution in [2.24, 2.45) is 0 Å². The van der Waals surface area contributed by atoms with Crippen molar-refractivity contribution >= 4 is 5.69 Å². The molecule has 2 aromatic heterocycles. The Morgan fingerprint density at radius 2 is 1.63 bits per heavy atom. The van der Waals surface area contributed by atoms with Gasteiger partial charge in [-0.25, -0.2) is 0 Å². The molecule has 1 aromatic carbocycles. The normalized spacial score (nSPS) is 16.3. The Bertz CT molecular complexity index is 848. The Hall–Kier alpha value is -2.76. The van der Waals surface area contributed by atoms with E-state index in [1.807, 2.05) is 42.7 Å². The molecule has 27 heavy (non-hydrogen) atoms. The monoisotopic (exact) mass is 360 g/mol. The van der Waals surface area contributed by atoms with Crippen LogP contribution in [0, 0.1) is 0 Å². The fourth-order valence-corrected chi connectivity index (χ4v) is 3.62. The van der Waals surface area contributed by atoms with Gasteiger partial charge < -0.3 is 10.0 Å².